The number of nitrogens with zero attached hydrogens (tertiary/aromatic N) is 1. The third-order valence-electron chi connectivity index (χ3n) is 3.56. The standard InChI is InChI=1S/C15H20F2N2OS/c1-19(9-11-2-3-13(16)14(17)8-11)15(20)10-21-12-4-6-18-7-5-12/h2-3,8,12,18H,4-7,9-10H2,1H3. The van der Waals surface area contributed by atoms with Crippen molar-refractivity contribution < 1.29 is 13.6 Å². The highest BCUT2D eigenvalue weighted by Gasteiger charge is 2.17. The Balaban J connectivity index is 1.79. The summed E-state index contributed by atoms with van der Waals surface area (Å²) in [5, 5.41) is 3.83. The monoisotopic (exact) mass is 314 g/mol. The number of hydrogen-bond acceptors (Lipinski definition) is 3. The van der Waals surface area contributed by atoms with Crippen LogP contribution in [0.3, 0.4) is 0 Å². The number of amides is 1. The molecule has 1 aliphatic heterocycles. The predicted molar refractivity (Wildman–Crippen MR) is 81.2 cm³/mol. The first-order valence-corrected chi connectivity index (χ1v) is 8.11. The zero-order valence-electron chi connectivity index (χ0n) is 12.1. The Bertz CT molecular complexity index is 493. The first-order chi connectivity index (χ1) is 10.1. The van der Waals surface area contributed by atoms with Gasteiger partial charge in [-0.1, -0.05) is 6.07 Å². The van der Waals surface area contributed by atoms with Gasteiger partial charge in [0.25, 0.3) is 0 Å². The molecular weight excluding hydrogens is 294 g/mol. The van der Waals surface area contributed by atoms with Crippen molar-refractivity contribution in [1.82, 2.24) is 10.2 Å². The number of hydrogen-bond donors (Lipinski definition) is 1. The maximum absolute atomic E-state index is 13.1. The van der Waals surface area contributed by atoms with Crippen LogP contribution in [0.5, 0.6) is 0 Å². The van der Waals surface area contributed by atoms with Gasteiger partial charge >= 0.3 is 0 Å². The van der Waals surface area contributed by atoms with Crippen molar-refractivity contribution in [3.8, 4) is 0 Å². The molecule has 21 heavy (non-hydrogen) atoms. The predicted octanol–water partition coefficient (Wildman–Crippen LogP) is 2.41. The minimum absolute atomic E-state index is 0.0169. The lowest BCUT2D eigenvalue weighted by atomic mass is 10.2. The zero-order valence-corrected chi connectivity index (χ0v) is 12.9. The van der Waals surface area contributed by atoms with Gasteiger partial charge in [-0.3, -0.25) is 4.79 Å². The minimum Gasteiger partial charge on any atom is -0.341 e. The Morgan fingerprint density at radius 3 is 2.71 bits per heavy atom. The van der Waals surface area contributed by atoms with E-state index >= 15 is 0 Å². The van der Waals surface area contributed by atoms with E-state index in [0.717, 1.165) is 38.1 Å². The lowest BCUT2D eigenvalue weighted by Crippen LogP contribution is -2.32. The van der Waals surface area contributed by atoms with Crippen LogP contribution in [0.1, 0.15) is 18.4 Å². The van der Waals surface area contributed by atoms with Gasteiger partial charge in [0.05, 0.1) is 5.75 Å². The van der Waals surface area contributed by atoms with Crippen LogP contribution in [0.25, 0.3) is 0 Å². The summed E-state index contributed by atoms with van der Waals surface area (Å²) in [4.78, 5) is 13.6. The number of thioether (sulfide) groups is 1. The fraction of sp³-hybridized carbons (Fsp3) is 0.533. The second-order valence-corrected chi connectivity index (χ2v) is 6.55. The molecule has 116 valence electrons. The highest BCUT2D eigenvalue weighted by atomic mass is 32.2. The molecule has 1 heterocycles. The molecule has 0 unspecified atom stereocenters. The maximum Gasteiger partial charge on any atom is 0.232 e. The second kappa shape index (κ2) is 7.75. The summed E-state index contributed by atoms with van der Waals surface area (Å²) < 4.78 is 26.0. The molecule has 1 N–H and O–H groups in total. The van der Waals surface area contributed by atoms with Crippen molar-refractivity contribution in [2.45, 2.75) is 24.6 Å². The molecule has 1 aromatic carbocycles. The lowest BCUT2D eigenvalue weighted by molar-refractivity contribution is -0.127. The highest BCUT2D eigenvalue weighted by Crippen LogP contribution is 2.20. The van der Waals surface area contributed by atoms with Gasteiger partial charge in [-0.25, -0.2) is 8.78 Å². The van der Waals surface area contributed by atoms with Crippen LogP contribution in [0, 0.1) is 11.6 Å². The van der Waals surface area contributed by atoms with E-state index in [1.165, 1.54) is 6.07 Å². The van der Waals surface area contributed by atoms with Crippen molar-refractivity contribution in [2.24, 2.45) is 0 Å². The summed E-state index contributed by atoms with van der Waals surface area (Å²) in [6.45, 7) is 2.32. The van der Waals surface area contributed by atoms with Crippen LogP contribution >= 0.6 is 11.8 Å². The molecule has 6 heteroatoms. The van der Waals surface area contributed by atoms with Crippen molar-refractivity contribution in [2.75, 3.05) is 25.9 Å². The smallest absolute Gasteiger partial charge is 0.232 e. The van der Waals surface area contributed by atoms with Crippen LogP contribution in [-0.4, -0.2) is 41.9 Å². The number of piperidine rings is 1. The van der Waals surface area contributed by atoms with Gasteiger partial charge in [-0.05, 0) is 43.6 Å². The Kier molecular flexibility index (Phi) is 5.99. The third-order valence-corrected chi connectivity index (χ3v) is 4.91. The van der Waals surface area contributed by atoms with Crippen molar-refractivity contribution >= 4 is 17.7 Å². The Hall–Kier alpha value is -1.14. The Morgan fingerprint density at radius 2 is 2.05 bits per heavy atom. The van der Waals surface area contributed by atoms with E-state index in [4.69, 9.17) is 0 Å². The lowest BCUT2D eigenvalue weighted by Gasteiger charge is -2.23. The molecule has 1 aromatic rings. The number of nitrogens with one attached hydrogen (secondary N) is 1. The molecule has 1 aliphatic rings. The van der Waals surface area contributed by atoms with Gasteiger partial charge < -0.3 is 10.2 Å². The summed E-state index contributed by atoms with van der Waals surface area (Å²) in [6, 6.07) is 3.73. The van der Waals surface area contributed by atoms with E-state index < -0.39 is 11.6 Å². The van der Waals surface area contributed by atoms with Crippen molar-refractivity contribution in [1.29, 1.82) is 0 Å². The zero-order chi connectivity index (χ0) is 15.2. The normalized spacial score (nSPS) is 16.0. The molecule has 0 radical (unpaired) electrons. The Labute approximate surface area is 128 Å². The van der Waals surface area contributed by atoms with Crippen LogP contribution in [0.4, 0.5) is 8.78 Å². The van der Waals surface area contributed by atoms with Gasteiger partial charge in [0, 0.05) is 18.8 Å². The summed E-state index contributed by atoms with van der Waals surface area (Å²) in [5.41, 5.74) is 0.594. The van der Waals surface area contributed by atoms with E-state index in [0.29, 0.717) is 23.1 Å². The average molecular weight is 314 g/mol. The molecule has 0 aromatic heterocycles. The van der Waals surface area contributed by atoms with Gasteiger partial charge in [0.1, 0.15) is 0 Å². The molecule has 0 spiro atoms. The van der Waals surface area contributed by atoms with Crippen LogP contribution < -0.4 is 5.32 Å². The molecular formula is C15H20F2N2OS. The van der Waals surface area contributed by atoms with Crippen molar-refractivity contribution in [3.63, 3.8) is 0 Å². The van der Waals surface area contributed by atoms with E-state index in [-0.39, 0.29) is 5.91 Å². The summed E-state index contributed by atoms with van der Waals surface area (Å²) in [5.74, 6) is -1.29. The number of halogens is 2. The molecule has 1 amide bonds. The molecule has 1 saturated heterocycles. The Morgan fingerprint density at radius 1 is 1.33 bits per heavy atom. The minimum atomic E-state index is -0.877. The number of carbonyl (C=O) groups is 1. The van der Waals surface area contributed by atoms with Crippen LogP contribution in [0.2, 0.25) is 0 Å². The SMILES string of the molecule is CN(Cc1ccc(F)c(F)c1)C(=O)CSC1CCNCC1. The van der Waals surface area contributed by atoms with Gasteiger partial charge in [-0.15, -0.1) is 11.8 Å². The highest BCUT2D eigenvalue weighted by molar-refractivity contribution is 8.00. The summed E-state index contributed by atoms with van der Waals surface area (Å²) in [6.07, 6.45) is 2.18. The first kappa shape index (κ1) is 16.2. The van der Waals surface area contributed by atoms with Crippen LogP contribution in [0.15, 0.2) is 18.2 Å². The topological polar surface area (TPSA) is 32.3 Å². The molecule has 0 atom stereocenters. The second-order valence-electron chi connectivity index (χ2n) is 5.26. The summed E-state index contributed by atoms with van der Waals surface area (Å²) >= 11 is 1.68. The number of rotatable bonds is 5. The largest absolute Gasteiger partial charge is 0.341 e. The van der Waals surface area contributed by atoms with Gasteiger partial charge in [-0.2, -0.15) is 0 Å². The van der Waals surface area contributed by atoms with Gasteiger partial charge in [0.2, 0.25) is 5.91 Å². The van der Waals surface area contributed by atoms with E-state index in [2.05, 4.69) is 5.32 Å². The first-order valence-electron chi connectivity index (χ1n) is 7.06. The fourth-order valence-corrected chi connectivity index (χ4v) is 3.43. The van der Waals surface area contributed by atoms with E-state index in [1.54, 1.807) is 23.7 Å². The number of benzene rings is 1. The molecule has 0 aliphatic carbocycles. The molecule has 1 fully saturated rings. The maximum atomic E-state index is 13.1. The summed E-state index contributed by atoms with van der Waals surface area (Å²) in [7, 11) is 1.69. The molecule has 0 saturated carbocycles. The van der Waals surface area contributed by atoms with Gasteiger partial charge in [0.15, 0.2) is 11.6 Å². The quantitative estimate of drug-likeness (QED) is 0.906. The number of carbonyl (C=O) groups excluding carboxylic acids is 1. The average Bonchev–Trinajstić information content (AvgIpc) is 2.49. The molecule has 0 bridgehead atoms. The van der Waals surface area contributed by atoms with E-state index in [1.807, 2.05) is 0 Å². The third kappa shape index (κ3) is 4.97. The van der Waals surface area contributed by atoms with Crippen molar-refractivity contribution in [3.05, 3.63) is 35.4 Å². The molecule has 3 nitrogen and oxygen atoms in total. The van der Waals surface area contributed by atoms with Crippen LogP contribution in [-0.2, 0) is 11.3 Å². The molecule has 2 rings (SSSR count). The van der Waals surface area contributed by atoms with E-state index in [9.17, 15) is 13.6 Å². The fourth-order valence-electron chi connectivity index (χ4n) is 2.26.